The van der Waals surface area contributed by atoms with Gasteiger partial charge in [0, 0.05) is 0 Å². The summed E-state index contributed by atoms with van der Waals surface area (Å²) in [4.78, 5) is 0. The van der Waals surface area contributed by atoms with Crippen molar-refractivity contribution in [1.82, 2.24) is 0 Å². The summed E-state index contributed by atoms with van der Waals surface area (Å²) >= 11 is 16.7. The SMILES string of the molecule is CCCC[Si](Cl)(Cl)Cl.c1ccc2c(c1)CCCC2. The zero-order chi connectivity index (χ0) is 13.4. The van der Waals surface area contributed by atoms with Gasteiger partial charge in [-0.05, 0) is 42.9 Å². The molecule has 0 radical (unpaired) electrons. The van der Waals surface area contributed by atoms with Gasteiger partial charge in [0.2, 0.25) is 0 Å². The first-order chi connectivity index (χ1) is 8.53. The molecule has 0 amide bonds. The monoisotopic (exact) mass is 322 g/mol. The van der Waals surface area contributed by atoms with E-state index < -0.39 is 6.00 Å². The van der Waals surface area contributed by atoms with E-state index in [-0.39, 0.29) is 0 Å². The quantitative estimate of drug-likeness (QED) is 0.472. The second kappa shape index (κ2) is 8.47. The molecular formula is C14H21Cl3Si. The van der Waals surface area contributed by atoms with Gasteiger partial charge in [0.15, 0.2) is 0 Å². The number of unbranched alkanes of at least 4 members (excludes halogenated alkanes) is 1. The lowest BCUT2D eigenvalue weighted by Gasteiger charge is -2.13. The molecule has 0 N–H and O–H groups in total. The van der Waals surface area contributed by atoms with Crippen LogP contribution in [0.4, 0.5) is 0 Å². The first-order valence-corrected chi connectivity index (χ1v) is 11.9. The van der Waals surface area contributed by atoms with E-state index in [0.717, 1.165) is 18.9 Å². The first-order valence-electron chi connectivity index (χ1n) is 6.66. The molecule has 0 heterocycles. The van der Waals surface area contributed by atoms with Gasteiger partial charge < -0.3 is 0 Å². The first kappa shape index (κ1) is 16.4. The van der Waals surface area contributed by atoms with E-state index in [9.17, 15) is 0 Å². The lowest BCUT2D eigenvalue weighted by Crippen LogP contribution is -2.07. The molecule has 0 aliphatic heterocycles. The number of halogens is 3. The average Bonchev–Trinajstić information content (AvgIpc) is 2.36. The molecule has 1 aromatic carbocycles. The minimum absolute atomic E-state index is 0.800. The molecule has 0 atom stereocenters. The van der Waals surface area contributed by atoms with Crippen LogP contribution in [0.2, 0.25) is 6.04 Å². The summed E-state index contributed by atoms with van der Waals surface area (Å²) in [6.45, 7) is 2.09. The van der Waals surface area contributed by atoms with Gasteiger partial charge >= 0.3 is 6.00 Å². The van der Waals surface area contributed by atoms with Gasteiger partial charge in [-0.15, -0.1) is 33.2 Å². The van der Waals surface area contributed by atoms with E-state index >= 15 is 0 Å². The third-order valence-electron chi connectivity index (χ3n) is 3.07. The van der Waals surface area contributed by atoms with Crippen LogP contribution < -0.4 is 0 Å². The van der Waals surface area contributed by atoms with E-state index in [4.69, 9.17) is 33.2 Å². The third kappa shape index (κ3) is 7.03. The highest BCUT2D eigenvalue weighted by molar-refractivity contribution is 7.64. The topological polar surface area (TPSA) is 0 Å². The van der Waals surface area contributed by atoms with Crippen molar-refractivity contribution in [3.8, 4) is 0 Å². The van der Waals surface area contributed by atoms with E-state index in [1.54, 1.807) is 11.1 Å². The summed E-state index contributed by atoms with van der Waals surface area (Å²) in [6.07, 6.45) is 7.53. The van der Waals surface area contributed by atoms with E-state index in [1.165, 1.54) is 25.7 Å². The number of rotatable bonds is 3. The molecule has 0 saturated heterocycles. The minimum Gasteiger partial charge on any atom is -0.126 e. The number of aryl methyl sites for hydroxylation is 2. The Hall–Kier alpha value is 0.307. The van der Waals surface area contributed by atoms with Crippen LogP contribution in [-0.4, -0.2) is 6.00 Å². The summed E-state index contributed by atoms with van der Waals surface area (Å²) < 4.78 is 0. The smallest absolute Gasteiger partial charge is 0.126 e. The molecule has 18 heavy (non-hydrogen) atoms. The molecule has 0 unspecified atom stereocenters. The van der Waals surface area contributed by atoms with Crippen molar-refractivity contribution in [3.05, 3.63) is 35.4 Å². The Balaban J connectivity index is 0.000000187. The van der Waals surface area contributed by atoms with Crippen LogP contribution in [0.15, 0.2) is 24.3 Å². The summed E-state index contributed by atoms with van der Waals surface area (Å²) in [6, 6.07) is 7.34. The molecule has 102 valence electrons. The normalized spacial score (nSPS) is 14.4. The van der Waals surface area contributed by atoms with Gasteiger partial charge in [0.1, 0.15) is 0 Å². The van der Waals surface area contributed by atoms with Gasteiger partial charge in [-0.1, -0.05) is 44.0 Å². The standard InChI is InChI=1S/C10H12.C4H9Cl3Si/c1-2-6-10-8-4-3-7-9(10)5-1;1-2-3-4-8(5,6)7/h1-2,5-6H,3-4,7-8H2;2-4H2,1H3. The fourth-order valence-electron chi connectivity index (χ4n) is 2.05. The fraction of sp³-hybridized carbons (Fsp3) is 0.571. The Bertz CT molecular complexity index is 322. The summed E-state index contributed by atoms with van der Waals surface area (Å²) in [5.74, 6) is 0. The second-order valence-corrected chi connectivity index (χ2v) is 14.0. The molecule has 0 nitrogen and oxygen atoms in total. The van der Waals surface area contributed by atoms with Crippen LogP contribution in [-0.2, 0) is 12.8 Å². The van der Waals surface area contributed by atoms with Crippen LogP contribution >= 0.6 is 33.2 Å². The van der Waals surface area contributed by atoms with E-state index in [2.05, 4.69) is 31.2 Å². The maximum Gasteiger partial charge on any atom is 0.341 e. The van der Waals surface area contributed by atoms with Crippen molar-refractivity contribution >= 4 is 39.2 Å². The summed E-state index contributed by atoms with van der Waals surface area (Å²) in [5.41, 5.74) is 3.16. The highest BCUT2D eigenvalue weighted by atomic mass is 35.8. The molecule has 0 aromatic heterocycles. The lowest BCUT2D eigenvalue weighted by atomic mass is 9.92. The average molecular weight is 324 g/mol. The molecule has 0 bridgehead atoms. The van der Waals surface area contributed by atoms with Gasteiger partial charge in [-0.3, -0.25) is 0 Å². The van der Waals surface area contributed by atoms with Crippen molar-refractivity contribution in [2.75, 3.05) is 0 Å². The number of hydrogen-bond acceptors (Lipinski definition) is 0. The molecule has 4 heteroatoms. The Morgan fingerprint density at radius 3 is 1.83 bits per heavy atom. The molecular weight excluding hydrogens is 303 g/mol. The van der Waals surface area contributed by atoms with Crippen LogP contribution in [0.3, 0.4) is 0 Å². The predicted octanol–water partition coefficient (Wildman–Crippen LogP) is 6.01. The van der Waals surface area contributed by atoms with E-state index in [1.807, 2.05) is 0 Å². The van der Waals surface area contributed by atoms with Crippen molar-refractivity contribution < 1.29 is 0 Å². The molecule has 0 spiro atoms. The van der Waals surface area contributed by atoms with Crippen molar-refractivity contribution in [2.24, 2.45) is 0 Å². The molecule has 2 rings (SSSR count). The number of fused-ring (bicyclic) bond motifs is 1. The van der Waals surface area contributed by atoms with Gasteiger partial charge in [-0.2, -0.15) is 0 Å². The molecule has 0 fully saturated rings. The predicted molar refractivity (Wildman–Crippen MR) is 86.1 cm³/mol. The number of hydrogen-bond donors (Lipinski definition) is 0. The molecule has 1 aliphatic rings. The minimum atomic E-state index is -2.26. The summed E-state index contributed by atoms with van der Waals surface area (Å²) in [7, 11) is 0. The molecule has 1 aromatic rings. The highest BCUT2D eigenvalue weighted by Gasteiger charge is 2.22. The van der Waals surface area contributed by atoms with Crippen molar-refractivity contribution in [3.63, 3.8) is 0 Å². The Morgan fingerprint density at radius 1 is 1.00 bits per heavy atom. The zero-order valence-electron chi connectivity index (χ0n) is 10.9. The van der Waals surface area contributed by atoms with Crippen LogP contribution in [0.1, 0.15) is 43.7 Å². The van der Waals surface area contributed by atoms with Crippen LogP contribution in [0.5, 0.6) is 0 Å². The molecule has 1 aliphatic carbocycles. The number of benzene rings is 1. The van der Waals surface area contributed by atoms with Crippen LogP contribution in [0.25, 0.3) is 0 Å². The van der Waals surface area contributed by atoms with Crippen molar-refractivity contribution in [2.45, 2.75) is 51.5 Å². The Morgan fingerprint density at radius 2 is 1.50 bits per heavy atom. The van der Waals surface area contributed by atoms with Crippen LogP contribution in [0, 0.1) is 0 Å². The largest absolute Gasteiger partial charge is 0.341 e. The lowest BCUT2D eigenvalue weighted by molar-refractivity contribution is 0.685. The Kier molecular flexibility index (Phi) is 7.70. The van der Waals surface area contributed by atoms with Crippen molar-refractivity contribution in [1.29, 1.82) is 0 Å². The van der Waals surface area contributed by atoms with E-state index in [0.29, 0.717) is 0 Å². The van der Waals surface area contributed by atoms with Gasteiger partial charge in [-0.25, -0.2) is 0 Å². The zero-order valence-corrected chi connectivity index (χ0v) is 14.2. The maximum atomic E-state index is 5.58. The summed E-state index contributed by atoms with van der Waals surface area (Å²) in [5, 5.41) is 0. The third-order valence-corrected chi connectivity index (χ3v) is 5.70. The second-order valence-electron chi connectivity index (χ2n) is 4.69. The van der Waals surface area contributed by atoms with Gasteiger partial charge in [0.25, 0.3) is 0 Å². The van der Waals surface area contributed by atoms with Gasteiger partial charge in [0.05, 0.1) is 0 Å². The Labute approximate surface area is 126 Å². The highest BCUT2D eigenvalue weighted by Crippen LogP contribution is 2.26. The molecule has 0 saturated carbocycles. The fourth-order valence-corrected chi connectivity index (χ4v) is 4.01. The maximum absolute atomic E-state index is 5.58.